The first-order valence-corrected chi connectivity index (χ1v) is 7.38. The van der Waals surface area contributed by atoms with Crippen LogP contribution in [0.4, 0.5) is 11.4 Å². The molecule has 2 N–H and O–H groups in total. The summed E-state index contributed by atoms with van der Waals surface area (Å²) in [6.07, 6.45) is 1.78. The van der Waals surface area contributed by atoms with Gasteiger partial charge in [-0.2, -0.15) is 5.10 Å². The fourth-order valence-electron chi connectivity index (χ4n) is 2.02. The predicted octanol–water partition coefficient (Wildman–Crippen LogP) is 3.42. The summed E-state index contributed by atoms with van der Waals surface area (Å²) in [6, 6.07) is 7.71. The van der Waals surface area contributed by atoms with Crippen molar-refractivity contribution in [1.29, 1.82) is 0 Å². The first-order chi connectivity index (χ1) is 10.2. The van der Waals surface area contributed by atoms with Crippen molar-refractivity contribution in [3.8, 4) is 5.75 Å². The highest BCUT2D eigenvalue weighted by atomic mass is 32.1. The van der Waals surface area contributed by atoms with Gasteiger partial charge in [-0.15, -0.1) is 0 Å². The van der Waals surface area contributed by atoms with Gasteiger partial charge in [0.2, 0.25) is 0 Å². The van der Waals surface area contributed by atoms with Crippen LogP contribution in [-0.4, -0.2) is 21.5 Å². The van der Waals surface area contributed by atoms with Gasteiger partial charge < -0.3 is 15.4 Å². The number of ether oxygens (including phenoxy) is 1. The number of thiocarbonyl (C=S) groups is 1. The van der Waals surface area contributed by atoms with Gasteiger partial charge in [0.05, 0.1) is 29.9 Å². The molecule has 6 heteroatoms. The zero-order chi connectivity index (χ0) is 15.2. The van der Waals surface area contributed by atoms with E-state index in [0.717, 1.165) is 29.4 Å². The largest absolute Gasteiger partial charge is 0.492 e. The van der Waals surface area contributed by atoms with Crippen LogP contribution < -0.4 is 15.4 Å². The molecule has 112 valence electrons. The third kappa shape index (κ3) is 3.72. The van der Waals surface area contributed by atoms with E-state index >= 15 is 0 Å². The van der Waals surface area contributed by atoms with E-state index in [1.165, 1.54) is 0 Å². The van der Waals surface area contributed by atoms with Crippen LogP contribution in [0.3, 0.4) is 0 Å². The predicted molar refractivity (Wildman–Crippen MR) is 90.1 cm³/mol. The minimum Gasteiger partial charge on any atom is -0.492 e. The maximum absolute atomic E-state index is 5.57. The van der Waals surface area contributed by atoms with Crippen molar-refractivity contribution in [2.75, 3.05) is 17.2 Å². The van der Waals surface area contributed by atoms with Gasteiger partial charge in [-0.25, -0.2) is 0 Å². The molecule has 21 heavy (non-hydrogen) atoms. The lowest BCUT2D eigenvalue weighted by atomic mass is 10.3. The minimum absolute atomic E-state index is 0.515. The van der Waals surface area contributed by atoms with Gasteiger partial charge in [-0.3, -0.25) is 4.68 Å². The van der Waals surface area contributed by atoms with E-state index in [-0.39, 0.29) is 0 Å². The Morgan fingerprint density at radius 1 is 1.24 bits per heavy atom. The number of para-hydroxylation sites is 2. The Labute approximate surface area is 130 Å². The van der Waals surface area contributed by atoms with Crippen molar-refractivity contribution in [3.05, 3.63) is 36.2 Å². The van der Waals surface area contributed by atoms with E-state index in [0.29, 0.717) is 11.7 Å². The van der Waals surface area contributed by atoms with Crippen molar-refractivity contribution in [2.24, 2.45) is 0 Å². The highest BCUT2D eigenvalue weighted by Gasteiger charge is 2.08. The lowest BCUT2D eigenvalue weighted by molar-refractivity contribution is 0.342. The summed E-state index contributed by atoms with van der Waals surface area (Å²) in [7, 11) is 0. The quantitative estimate of drug-likeness (QED) is 0.829. The number of nitrogens with zero attached hydrogens (tertiary/aromatic N) is 2. The van der Waals surface area contributed by atoms with E-state index in [1.807, 2.05) is 42.8 Å². The molecule has 0 saturated heterocycles. The topological polar surface area (TPSA) is 51.1 Å². The summed E-state index contributed by atoms with van der Waals surface area (Å²) in [5.41, 5.74) is 2.81. The fourth-order valence-corrected chi connectivity index (χ4v) is 2.24. The summed E-state index contributed by atoms with van der Waals surface area (Å²) in [5.74, 6) is 0.783. The number of benzene rings is 1. The van der Waals surface area contributed by atoms with Gasteiger partial charge in [0.25, 0.3) is 0 Å². The molecule has 2 rings (SSSR count). The Kier molecular flexibility index (Phi) is 5.16. The van der Waals surface area contributed by atoms with Crippen LogP contribution in [-0.2, 0) is 6.54 Å². The highest BCUT2D eigenvalue weighted by molar-refractivity contribution is 7.80. The average molecular weight is 304 g/mol. The molecule has 5 nitrogen and oxygen atoms in total. The van der Waals surface area contributed by atoms with E-state index in [9.17, 15) is 0 Å². The second kappa shape index (κ2) is 7.08. The zero-order valence-electron chi connectivity index (χ0n) is 12.5. The molecular weight excluding hydrogens is 284 g/mol. The smallest absolute Gasteiger partial charge is 0.175 e. The van der Waals surface area contributed by atoms with E-state index in [4.69, 9.17) is 17.0 Å². The molecule has 0 atom stereocenters. The lowest BCUT2D eigenvalue weighted by Crippen LogP contribution is -2.20. The third-order valence-electron chi connectivity index (χ3n) is 3.09. The average Bonchev–Trinajstić information content (AvgIpc) is 2.82. The second-order valence-electron chi connectivity index (χ2n) is 4.47. The van der Waals surface area contributed by atoms with Crippen LogP contribution in [0.5, 0.6) is 5.75 Å². The van der Waals surface area contributed by atoms with Crippen LogP contribution in [0.1, 0.15) is 19.5 Å². The summed E-state index contributed by atoms with van der Waals surface area (Å²) in [6.45, 7) is 7.46. The third-order valence-corrected chi connectivity index (χ3v) is 3.29. The number of hydrogen-bond acceptors (Lipinski definition) is 3. The highest BCUT2D eigenvalue weighted by Crippen LogP contribution is 2.24. The SMILES string of the molecule is CCOc1ccccc1NC(=S)Nc1cnn(CC)c1C. The molecular formula is C15H20N4OS. The number of aromatic nitrogens is 2. The molecule has 2 aromatic rings. The maximum Gasteiger partial charge on any atom is 0.175 e. The van der Waals surface area contributed by atoms with Gasteiger partial charge in [0, 0.05) is 6.54 Å². The molecule has 1 aromatic heterocycles. The molecule has 0 radical (unpaired) electrons. The summed E-state index contributed by atoms with van der Waals surface area (Å²) in [4.78, 5) is 0. The van der Waals surface area contributed by atoms with Crippen LogP contribution in [0.2, 0.25) is 0 Å². The van der Waals surface area contributed by atoms with Crippen LogP contribution in [0.25, 0.3) is 0 Å². The Bertz CT molecular complexity index is 624. The molecule has 0 saturated carbocycles. The Morgan fingerprint density at radius 2 is 1.95 bits per heavy atom. The summed E-state index contributed by atoms with van der Waals surface area (Å²) < 4.78 is 7.48. The van der Waals surface area contributed by atoms with Gasteiger partial charge in [-0.1, -0.05) is 12.1 Å². The minimum atomic E-state index is 0.515. The molecule has 0 unspecified atom stereocenters. The Balaban J connectivity index is 2.06. The molecule has 0 spiro atoms. The molecule has 0 aliphatic carbocycles. The van der Waals surface area contributed by atoms with Crippen molar-refractivity contribution >= 4 is 28.7 Å². The standard InChI is InChI=1S/C15H20N4OS/c1-4-19-11(3)13(10-16-19)18-15(21)17-12-8-6-7-9-14(12)20-5-2/h6-10H,4-5H2,1-3H3,(H2,17,18,21). The first-order valence-electron chi connectivity index (χ1n) is 6.98. The Morgan fingerprint density at radius 3 is 2.62 bits per heavy atom. The monoisotopic (exact) mass is 304 g/mol. The molecule has 0 bridgehead atoms. The van der Waals surface area contributed by atoms with Gasteiger partial charge >= 0.3 is 0 Å². The molecule has 1 aromatic carbocycles. The van der Waals surface area contributed by atoms with Crippen molar-refractivity contribution in [1.82, 2.24) is 9.78 Å². The van der Waals surface area contributed by atoms with Gasteiger partial charge in [0.1, 0.15) is 5.75 Å². The zero-order valence-corrected chi connectivity index (χ0v) is 13.3. The molecule has 1 heterocycles. The second-order valence-corrected chi connectivity index (χ2v) is 4.88. The van der Waals surface area contributed by atoms with Crippen LogP contribution in [0.15, 0.2) is 30.5 Å². The number of hydrogen-bond donors (Lipinski definition) is 2. The number of anilines is 2. The van der Waals surface area contributed by atoms with E-state index in [1.54, 1.807) is 6.20 Å². The van der Waals surface area contributed by atoms with Crippen LogP contribution >= 0.6 is 12.2 Å². The van der Waals surface area contributed by atoms with Crippen LogP contribution in [0, 0.1) is 6.92 Å². The van der Waals surface area contributed by atoms with E-state index < -0.39 is 0 Å². The first kappa shape index (κ1) is 15.3. The summed E-state index contributed by atoms with van der Waals surface area (Å²) >= 11 is 5.35. The maximum atomic E-state index is 5.57. The number of aryl methyl sites for hydroxylation is 1. The van der Waals surface area contributed by atoms with Gasteiger partial charge in [0.15, 0.2) is 5.11 Å². The lowest BCUT2D eigenvalue weighted by Gasteiger charge is -2.14. The number of rotatable bonds is 5. The van der Waals surface area contributed by atoms with Gasteiger partial charge in [-0.05, 0) is 45.1 Å². The van der Waals surface area contributed by atoms with E-state index in [2.05, 4.69) is 22.7 Å². The summed E-state index contributed by atoms with van der Waals surface area (Å²) in [5, 5.41) is 11.1. The van der Waals surface area contributed by atoms with Crippen molar-refractivity contribution in [2.45, 2.75) is 27.3 Å². The van der Waals surface area contributed by atoms with Crippen molar-refractivity contribution in [3.63, 3.8) is 0 Å². The molecule has 0 aliphatic heterocycles. The molecule has 0 fully saturated rings. The molecule has 0 aliphatic rings. The van der Waals surface area contributed by atoms with Crippen molar-refractivity contribution < 1.29 is 4.74 Å². The molecule has 0 amide bonds. The Hall–Kier alpha value is -2.08. The normalized spacial score (nSPS) is 10.2. The fraction of sp³-hybridized carbons (Fsp3) is 0.333. The number of nitrogens with one attached hydrogen (secondary N) is 2.